The Bertz CT molecular complexity index is 2880. The minimum atomic E-state index is -0.691. The zero-order valence-electron chi connectivity index (χ0n) is 38.3. The number of amides is 5. The molecule has 6 heterocycles. The fourth-order valence-electron chi connectivity index (χ4n) is 8.79. The predicted molar refractivity (Wildman–Crippen MR) is 246 cm³/mol. The molecule has 5 amide bonds. The number of nitrogens with two attached hydrogens (primary N) is 2. The number of rotatable bonds is 20. The Labute approximate surface area is 385 Å². The summed E-state index contributed by atoms with van der Waals surface area (Å²) in [5.41, 5.74) is 15.8. The van der Waals surface area contributed by atoms with Crippen LogP contribution in [0.5, 0.6) is 11.5 Å². The van der Waals surface area contributed by atoms with Gasteiger partial charge in [-0.1, -0.05) is 0 Å². The van der Waals surface area contributed by atoms with Crippen LogP contribution in [0.1, 0.15) is 98.7 Å². The first-order valence-corrected chi connectivity index (χ1v) is 22.4. The molecule has 0 aliphatic carbocycles. The van der Waals surface area contributed by atoms with Gasteiger partial charge >= 0.3 is 0 Å². The Morgan fingerprint density at radius 1 is 0.821 bits per heavy atom. The van der Waals surface area contributed by atoms with E-state index in [0.29, 0.717) is 108 Å². The van der Waals surface area contributed by atoms with Crippen molar-refractivity contribution in [2.45, 2.75) is 85.2 Å². The van der Waals surface area contributed by atoms with E-state index in [1.807, 2.05) is 29.9 Å². The molecule has 1 saturated heterocycles. The number of benzene rings is 2. The summed E-state index contributed by atoms with van der Waals surface area (Å²) in [6, 6.07) is 9.28. The van der Waals surface area contributed by atoms with Gasteiger partial charge in [-0.3, -0.25) is 48.9 Å². The number of nitrogens with zero attached hydrogens (tertiary/aromatic N) is 9. The second-order valence-corrected chi connectivity index (χ2v) is 16.7. The van der Waals surface area contributed by atoms with Crippen molar-refractivity contribution in [3.8, 4) is 11.5 Å². The minimum absolute atomic E-state index is 0.0971. The van der Waals surface area contributed by atoms with Crippen LogP contribution in [0.2, 0.25) is 0 Å². The van der Waals surface area contributed by atoms with E-state index in [1.54, 1.807) is 59.8 Å². The summed E-state index contributed by atoms with van der Waals surface area (Å²) in [7, 11) is 1.68. The first-order valence-electron chi connectivity index (χ1n) is 22.4. The molecule has 0 radical (unpaired) electrons. The van der Waals surface area contributed by atoms with E-state index in [-0.39, 0.29) is 60.8 Å². The first kappa shape index (κ1) is 46.2. The number of carbonyl (C=O) groups excluding carboxylic acids is 5. The van der Waals surface area contributed by atoms with E-state index in [0.717, 1.165) is 13.0 Å². The van der Waals surface area contributed by atoms with Gasteiger partial charge in [0.2, 0.25) is 29.6 Å². The number of anilines is 2. The number of carbonyl (C=O) groups is 5. The van der Waals surface area contributed by atoms with Gasteiger partial charge in [0.1, 0.15) is 40.5 Å². The summed E-state index contributed by atoms with van der Waals surface area (Å²) < 4.78 is 25.0. The van der Waals surface area contributed by atoms with Crippen LogP contribution >= 0.6 is 0 Å². The lowest BCUT2D eigenvalue weighted by atomic mass is 10.1. The normalized spacial score (nSPS) is 15.8. The SMILES string of the molecule is CCn1nc(C)cc1C(=O)Nc1nc2cc(C(N)=O)cc(OCCCNC(=O)CN3CC[C@@H](OC)C3)c2n1CCC[C@H]1COc2cc(C(N)=O)cc3nc(NC(=O)c4cc(C)nn4CC)n1c23. The molecular weight excluding hydrogens is 865 g/mol. The standard InChI is InChI=1S/C45H56N14O8/c1-6-57-33(16-25(3)53-57)42(63)51-44-49-31-18-27(40(46)61)20-35(66-15-9-12-48-37(60)23-55-14-11-30(22-55)65-5)38(31)56(44)13-8-10-29-24-67-36-21-28(41(47)62)19-32-39(36)59(29)45(50-32)52-43(64)34-17-26(4)54-58(34)7-2/h16-21,29-30H,6-15,22-24H2,1-5H3,(H2,46,61)(H2,47,62)(H,48,60)(H,49,51,63)(H,50,52,64)/t29-,30+/m0/s1. The summed E-state index contributed by atoms with van der Waals surface area (Å²) in [5.74, 6) is -1.12. The number of methoxy groups -OCH3 is 1. The Morgan fingerprint density at radius 3 is 2.07 bits per heavy atom. The molecule has 354 valence electrons. The number of nitrogens with one attached hydrogen (secondary N) is 3. The van der Waals surface area contributed by atoms with Gasteiger partial charge in [0.25, 0.3) is 11.8 Å². The minimum Gasteiger partial charge on any atom is -0.491 e. The van der Waals surface area contributed by atoms with Crippen LogP contribution in [0.15, 0.2) is 36.4 Å². The van der Waals surface area contributed by atoms with Crippen molar-refractivity contribution in [1.29, 1.82) is 0 Å². The number of imidazole rings is 2. The Hall–Kier alpha value is -7.33. The van der Waals surface area contributed by atoms with Crippen molar-refractivity contribution in [1.82, 2.24) is 48.9 Å². The largest absolute Gasteiger partial charge is 0.491 e. The zero-order chi connectivity index (χ0) is 47.5. The fraction of sp³-hybridized carbons (Fsp3) is 0.444. The lowest BCUT2D eigenvalue weighted by Gasteiger charge is -2.27. The van der Waals surface area contributed by atoms with Crippen molar-refractivity contribution in [2.24, 2.45) is 11.5 Å². The van der Waals surface area contributed by atoms with E-state index in [2.05, 4.69) is 31.0 Å². The highest BCUT2D eigenvalue weighted by molar-refractivity contribution is 6.05. The molecule has 2 aliphatic rings. The Morgan fingerprint density at radius 2 is 1.45 bits per heavy atom. The number of hydrogen-bond acceptors (Lipinski definition) is 13. The zero-order valence-corrected chi connectivity index (χ0v) is 38.3. The van der Waals surface area contributed by atoms with Crippen molar-refractivity contribution in [3.05, 3.63) is 70.3 Å². The van der Waals surface area contributed by atoms with Crippen molar-refractivity contribution < 1.29 is 38.2 Å². The molecule has 67 heavy (non-hydrogen) atoms. The molecular formula is C45H56N14O8. The lowest BCUT2D eigenvalue weighted by molar-refractivity contribution is -0.122. The van der Waals surface area contributed by atoms with Gasteiger partial charge in [-0.05, 0) is 89.8 Å². The maximum atomic E-state index is 13.9. The van der Waals surface area contributed by atoms with Gasteiger partial charge < -0.3 is 40.1 Å². The predicted octanol–water partition coefficient (Wildman–Crippen LogP) is 3.16. The highest BCUT2D eigenvalue weighted by atomic mass is 16.5. The van der Waals surface area contributed by atoms with Gasteiger partial charge in [-0.15, -0.1) is 0 Å². The van der Waals surface area contributed by atoms with Crippen molar-refractivity contribution in [2.75, 3.05) is 57.1 Å². The molecule has 1 fully saturated rings. The molecule has 4 aromatic heterocycles. The van der Waals surface area contributed by atoms with Crippen LogP contribution in [0, 0.1) is 13.8 Å². The van der Waals surface area contributed by atoms with Gasteiger partial charge in [-0.25, -0.2) is 9.97 Å². The molecule has 6 aromatic rings. The van der Waals surface area contributed by atoms with E-state index in [4.69, 9.17) is 35.6 Å². The number of primary amides is 2. The molecule has 0 spiro atoms. The van der Waals surface area contributed by atoms with Gasteiger partial charge in [0, 0.05) is 57.5 Å². The van der Waals surface area contributed by atoms with Gasteiger partial charge in [-0.2, -0.15) is 10.2 Å². The highest BCUT2D eigenvalue weighted by Gasteiger charge is 2.31. The number of likely N-dealkylation sites (tertiary alicyclic amines) is 1. The Kier molecular flexibility index (Phi) is 13.5. The second kappa shape index (κ2) is 19.6. The van der Waals surface area contributed by atoms with Crippen molar-refractivity contribution in [3.63, 3.8) is 0 Å². The molecule has 0 bridgehead atoms. The van der Waals surface area contributed by atoms with Crippen LogP contribution < -0.4 is 36.9 Å². The molecule has 22 nitrogen and oxygen atoms in total. The third-order valence-electron chi connectivity index (χ3n) is 12.0. The number of hydrogen-bond donors (Lipinski definition) is 5. The van der Waals surface area contributed by atoms with E-state index >= 15 is 0 Å². The van der Waals surface area contributed by atoms with E-state index < -0.39 is 23.6 Å². The van der Waals surface area contributed by atoms with Crippen LogP contribution in [0.4, 0.5) is 11.9 Å². The van der Waals surface area contributed by atoms with Crippen LogP contribution in [0.25, 0.3) is 22.1 Å². The summed E-state index contributed by atoms with van der Waals surface area (Å²) in [5, 5.41) is 17.8. The quantitative estimate of drug-likeness (QED) is 0.0690. The van der Waals surface area contributed by atoms with E-state index in [9.17, 15) is 24.0 Å². The monoisotopic (exact) mass is 920 g/mol. The summed E-state index contributed by atoms with van der Waals surface area (Å²) in [6.45, 7) is 11.1. The van der Waals surface area contributed by atoms with Crippen LogP contribution in [-0.4, -0.2) is 126 Å². The van der Waals surface area contributed by atoms with Crippen molar-refractivity contribution >= 4 is 63.5 Å². The molecule has 8 rings (SSSR count). The number of aryl methyl sites for hydroxylation is 5. The fourth-order valence-corrected chi connectivity index (χ4v) is 8.79. The third-order valence-corrected chi connectivity index (χ3v) is 12.0. The molecule has 2 aliphatic heterocycles. The summed E-state index contributed by atoms with van der Waals surface area (Å²) in [4.78, 5) is 77.0. The topological polar surface area (TPSA) is 276 Å². The van der Waals surface area contributed by atoms with E-state index in [1.165, 1.54) is 0 Å². The smallest absolute Gasteiger partial charge is 0.276 e. The second-order valence-electron chi connectivity index (χ2n) is 16.7. The number of fused-ring (bicyclic) bond motifs is 1. The van der Waals surface area contributed by atoms with Gasteiger partial charge in [0.15, 0.2) is 0 Å². The van der Waals surface area contributed by atoms with Gasteiger partial charge in [0.05, 0.1) is 47.7 Å². The molecule has 2 aromatic carbocycles. The van der Waals surface area contributed by atoms with Crippen LogP contribution in [-0.2, 0) is 29.2 Å². The lowest BCUT2D eigenvalue weighted by Crippen LogP contribution is -2.37. The Balaban J connectivity index is 1.08. The maximum absolute atomic E-state index is 13.9. The third kappa shape index (κ3) is 9.80. The molecule has 7 N–H and O–H groups in total. The molecule has 22 heteroatoms. The number of aromatic nitrogens is 8. The maximum Gasteiger partial charge on any atom is 0.276 e. The highest BCUT2D eigenvalue weighted by Crippen LogP contribution is 2.39. The summed E-state index contributed by atoms with van der Waals surface area (Å²) >= 11 is 0. The van der Waals surface area contributed by atoms with Crippen LogP contribution in [0.3, 0.4) is 0 Å². The average molecular weight is 921 g/mol. The molecule has 0 unspecified atom stereocenters. The first-order chi connectivity index (χ1) is 32.2. The number of ether oxygens (including phenoxy) is 3. The molecule has 2 atom stereocenters. The summed E-state index contributed by atoms with van der Waals surface area (Å²) in [6.07, 6.45) is 2.41. The molecule has 0 saturated carbocycles. The average Bonchev–Trinajstić information content (AvgIpc) is 4.14.